The number of nitrogens with one attached hydrogen (secondary N) is 2. The summed E-state index contributed by atoms with van der Waals surface area (Å²) in [6, 6.07) is 7.78. The molecule has 1 aromatic heterocycles. The Labute approximate surface area is 159 Å². The van der Waals surface area contributed by atoms with E-state index in [0.717, 1.165) is 44.0 Å². The largest absolute Gasteiger partial charge is 0.488 e. The van der Waals surface area contributed by atoms with Gasteiger partial charge in [-0.25, -0.2) is 9.97 Å². The Bertz CT molecular complexity index is 863. The second-order valence-corrected chi connectivity index (χ2v) is 7.74. The van der Waals surface area contributed by atoms with E-state index in [2.05, 4.69) is 34.0 Å². The van der Waals surface area contributed by atoms with Gasteiger partial charge in [-0.3, -0.25) is 5.41 Å². The molecule has 1 aliphatic heterocycles. The predicted molar refractivity (Wildman–Crippen MR) is 107 cm³/mol. The molecule has 7 heteroatoms. The quantitative estimate of drug-likeness (QED) is 0.554. The van der Waals surface area contributed by atoms with Crippen molar-refractivity contribution in [3.05, 3.63) is 41.9 Å². The summed E-state index contributed by atoms with van der Waals surface area (Å²) in [6.07, 6.45) is 3.64. The van der Waals surface area contributed by atoms with Gasteiger partial charge < -0.3 is 20.7 Å². The molecule has 0 spiro atoms. The molecule has 0 bridgehead atoms. The van der Waals surface area contributed by atoms with E-state index >= 15 is 0 Å². The highest BCUT2D eigenvalue weighted by Crippen LogP contribution is 2.40. The lowest BCUT2D eigenvalue weighted by atomic mass is 10.0. The fourth-order valence-electron chi connectivity index (χ4n) is 3.31. The summed E-state index contributed by atoms with van der Waals surface area (Å²) in [5.74, 6) is 1.59. The van der Waals surface area contributed by atoms with Gasteiger partial charge in [0, 0.05) is 43.0 Å². The zero-order valence-corrected chi connectivity index (χ0v) is 15.8. The Hall–Kier alpha value is -2.67. The van der Waals surface area contributed by atoms with E-state index in [9.17, 15) is 0 Å². The van der Waals surface area contributed by atoms with Crippen LogP contribution in [0.25, 0.3) is 0 Å². The van der Waals surface area contributed by atoms with Gasteiger partial charge in [0.15, 0.2) is 0 Å². The molecular formula is C20H26N6O. The van der Waals surface area contributed by atoms with E-state index in [-0.39, 0.29) is 11.3 Å². The molecule has 0 amide bonds. The van der Waals surface area contributed by atoms with Crippen LogP contribution in [-0.4, -0.2) is 47.0 Å². The number of benzene rings is 1. The van der Waals surface area contributed by atoms with E-state index in [1.807, 2.05) is 18.2 Å². The van der Waals surface area contributed by atoms with Crippen molar-refractivity contribution in [1.82, 2.24) is 15.3 Å². The number of hydrogen-bond donors (Lipinski definition) is 3. The summed E-state index contributed by atoms with van der Waals surface area (Å²) in [4.78, 5) is 10.9. The topological polar surface area (TPSA) is 100 Å². The smallest absolute Gasteiger partial charge is 0.132 e. The molecule has 27 heavy (non-hydrogen) atoms. The lowest BCUT2D eigenvalue weighted by Crippen LogP contribution is -2.49. The van der Waals surface area contributed by atoms with E-state index in [1.165, 1.54) is 6.33 Å². The van der Waals surface area contributed by atoms with Gasteiger partial charge in [0.1, 0.15) is 23.5 Å². The lowest BCUT2D eigenvalue weighted by Gasteiger charge is -2.32. The molecule has 4 rings (SSSR count). The third kappa shape index (κ3) is 3.88. The van der Waals surface area contributed by atoms with Crippen molar-refractivity contribution in [3.8, 4) is 5.75 Å². The molecule has 2 heterocycles. The van der Waals surface area contributed by atoms with Gasteiger partial charge in [0.05, 0.1) is 11.4 Å². The van der Waals surface area contributed by atoms with E-state index in [1.54, 1.807) is 6.07 Å². The first-order valence-corrected chi connectivity index (χ1v) is 9.42. The van der Waals surface area contributed by atoms with Crippen LogP contribution in [-0.2, 0) is 0 Å². The molecule has 1 aliphatic carbocycles. The Morgan fingerprint density at radius 1 is 1.33 bits per heavy atom. The third-order valence-corrected chi connectivity index (χ3v) is 5.21. The standard InChI is InChI=1S/C20H26N6O/c1-13-11-26(8-7-23-13)18-10-17(24-12-25-18)19(22)15-9-14(3-4-16(15)21)27-20(2)5-6-20/h3-4,9-10,12-13,22-23H,5-8,11,21H2,1-2H3. The number of anilines is 2. The molecule has 0 radical (unpaired) electrons. The highest BCUT2D eigenvalue weighted by atomic mass is 16.5. The SMILES string of the molecule is CC1CN(c2cc(C(=N)c3cc(OC4(C)CC4)ccc3N)ncn2)CCN1. The van der Waals surface area contributed by atoms with Crippen molar-refractivity contribution in [1.29, 1.82) is 5.41 Å². The summed E-state index contributed by atoms with van der Waals surface area (Å²) in [6.45, 7) is 6.94. The molecule has 7 nitrogen and oxygen atoms in total. The van der Waals surface area contributed by atoms with Crippen LogP contribution < -0.4 is 20.7 Å². The van der Waals surface area contributed by atoms with Gasteiger partial charge >= 0.3 is 0 Å². The van der Waals surface area contributed by atoms with Crippen molar-refractivity contribution in [2.45, 2.75) is 38.3 Å². The fourth-order valence-corrected chi connectivity index (χ4v) is 3.31. The highest BCUT2D eigenvalue weighted by molar-refractivity contribution is 6.13. The van der Waals surface area contributed by atoms with Crippen molar-refractivity contribution < 1.29 is 4.74 Å². The first-order chi connectivity index (χ1) is 12.9. The molecule has 4 N–H and O–H groups in total. The highest BCUT2D eigenvalue weighted by Gasteiger charge is 2.40. The van der Waals surface area contributed by atoms with E-state index < -0.39 is 0 Å². The molecule has 142 valence electrons. The Morgan fingerprint density at radius 3 is 2.89 bits per heavy atom. The van der Waals surface area contributed by atoms with E-state index in [4.69, 9.17) is 15.9 Å². The van der Waals surface area contributed by atoms with Gasteiger partial charge in [-0.2, -0.15) is 0 Å². The number of aromatic nitrogens is 2. The fraction of sp³-hybridized carbons (Fsp3) is 0.450. The van der Waals surface area contributed by atoms with Crippen molar-refractivity contribution in [2.75, 3.05) is 30.3 Å². The molecule has 1 unspecified atom stereocenters. The summed E-state index contributed by atoms with van der Waals surface area (Å²) in [5.41, 5.74) is 8.10. The number of rotatable bonds is 5. The average molecular weight is 366 g/mol. The zero-order chi connectivity index (χ0) is 19.0. The first-order valence-electron chi connectivity index (χ1n) is 9.42. The number of nitrogens with zero attached hydrogens (tertiary/aromatic N) is 3. The second kappa shape index (κ2) is 6.81. The number of ether oxygens (including phenoxy) is 1. The minimum atomic E-state index is -0.0728. The first kappa shape index (κ1) is 17.7. The molecule has 1 atom stereocenters. The number of hydrogen-bond acceptors (Lipinski definition) is 7. The normalized spacial score (nSPS) is 21.0. The second-order valence-electron chi connectivity index (χ2n) is 7.74. The predicted octanol–water partition coefficient (Wildman–Crippen LogP) is 2.20. The van der Waals surface area contributed by atoms with Crippen molar-refractivity contribution >= 4 is 17.2 Å². The molecule has 1 saturated carbocycles. The van der Waals surface area contributed by atoms with Crippen LogP contribution in [0.3, 0.4) is 0 Å². The molecule has 1 saturated heterocycles. The van der Waals surface area contributed by atoms with Gasteiger partial charge in [-0.1, -0.05) is 0 Å². The summed E-state index contributed by atoms with van der Waals surface area (Å²) in [7, 11) is 0. The van der Waals surface area contributed by atoms with Crippen LogP contribution >= 0.6 is 0 Å². The van der Waals surface area contributed by atoms with Gasteiger partial charge in [0.25, 0.3) is 0 Å². The number of nitrogen functional groups attached to an aromatic ring is 1. The van der Waals surface area contributed by atoms with Crippen molar-refractivity contribution in [2.24, 2.45) is 0 Å². The molecule has 2 aromatic rings. The van der Waals surface area contributed by atoms with Crippen LogP contribution in [0.1, 0.15) is 37.9 Å². The van der Waals surface area contributed by atoms with Crippen molar-refractivity contribution in [3.63, 3.8) is 0 Å². The van der Waals surface area contributed by atoms with Crippen LogP contribution in [0.5, 0.6) is 5.75 Å². The van der Waals surface area contributed by atoms with Crippen LogP contribution in [0.15, 0.2) is 30.6 Å². The molecular weight excluding hydrogens is 340 g/mol. The average Bonchev–Trinajstić information content (AvgIpc) is 3.39. The maximum Gasteiger partial charge on any atom is 0.132 e. The lowest BCUT2D eigenvalue weighted by molar-refractivity contribution is 0.200. The summed E-state index contributed by atoms with van der Waals surface area (Å²) < 4.78 is 6.03. The maximum absolute atomic E-state index is 8.65. The van der Waals surface area contributed by atoms with Gasteiger partial charge in [-0.05, 0) is 44.9 Å². The molecule has 2 fully saturated rings. The Kier molecular flexibility index (Phi) is 4.47. The zero-order valence-electron chi connectivity index (χ0n) is 15.8. The maximum atomic E-state index is 8.65. The summed E-state index contributed by atoms with van der Waals surface area (Å²) >= 11 is 0. The van der Waals surface area contributed by atoms with Crippen LogP contribution in [0.2, 0.25) is 0 Å². The minimum absolute atomic E-state index is 0.0728. The third-order valence-electron chi connectivity index (χ3n) is 5.21. The monoisotopic (exact) mass is 366 g/mol. The number of piperazine rings is 1. The summed E-state index contributed by atoms with van der Waals surface area (Å²) in [5, 5.41) is 12.1. The molecule has 2 aliphatic rings. The number of nitrogens with two attached hydrogens (primary N) is 1. The van der Waals surface area contributed by atoms with Gasteiger partial charge in [-0.15, -0.1) is 0 Å². The Balaban J connectivity index is 1.59. The van der Waals surface area contributed by atoms with E-state index in [0.29, 0.717) is 23.0 Å². The minimum Gasteiger partial charge on any atom is -0.488 e. The Morgan fingerprint density at radius 2 is 2.15 bits per heavy atom. The van der Waals surface area contributed by atoms with Crippen LogP contribution in [0, 0.1) is 5.41 Å². The van der Waals surface area contributed by atoms with Gasteiger partial charge in [0.2, 0.25) is 0 Å². The van der Waals surface area contributed by atoms with Crippen LogP contribution in [0.4, 0.5) is 11.5 Å². The molecule has 1 aromatic carbocycles.